The maximum Gasteiger partial charge on any atom is 0.194 e. The van der Waals surface area contributed by atoms with Gasteiger partial charge in [0, 0.05) is 5.56 Å². The van der Waals surface area contributed by atoms with E-state index in [-0.39, 0.29) is 5.78 Å². The molecule has 16 heavy (non-hydrogen) atoms. The lowest BCUT2D eigenvalue weighted by Crippen LogP contribution is -2.11. The van der Waals surface area contributed by atoms with E-state index in [1.165, 1.54) is 13.0 Å². The van der Waals surface area contributed by atoms with E-state index >= 15 is 0 Å². The van der Waals surface area contributed by atoms with E-state index in [1.807, 2.05) is 13.8 Å². The molecule has 0 amide bonds. The zero-order valence-electron chi connectivity index (χ0n) is 9.78. The monoisotopic (exact) mass is 220 g/mol. The molecule has 1 aromatic rings. The molecule has 0 aliphatic carbocycles. The Kier molecular flexibility index (Phi) is 3.85. The van der Waals surface area contributed by atoms with Crippen LogP contribution in [0.15, 0.2) is 24.8 Å². The molecule has 86 valence electrons. The normalized spacial score (nSPS) is 12.0. The van der Waals surface area contributed by atoms with Gasteiger partial charge in [-0.25, -0.2) is 0 Å². The second-order valence-corrected chi connectivity index (χ2v) is 3.65. The highest BCUT2D eigenvalue weighted by Crippen LogP contribution is 2.25. The van der Waals surface area contributed by atoms with Crippen LogP contribution in [0.2, 0.25) is 0 Å². The minimum absolute atomic E-state index is 0.107. The van der Waals surface area contributed by atoms with Gasteiger partial charge in [0.15, 0.2) is 12.1 Å². The predicted octanol–water partition coefficient (Wildman–Crippen LogP) is 2.39. The SMILES string of the molecule is C=CC(=O)c1ccc(OC(C)O)c(C)c1C. The molecule has 0 aliphatic rings. The van der Waals surface area contributed by atoms with Crippen LogP contribution in [0.3, 0.4) is 0 Å². The number of benzene rings is 1. The Labute approximate surface area is 95.4 Å². The van der Waals surface area contributed by atoms with Gasteiger partial charge in [-0.2, -0.15) is 0 Å². The molecular formula is C13H16O3. The summed E-state index contributed by atoms with van der Waals surface area (Å²) in [6, 6.07) is 3.37. The minimum Gasteiger partial charge on any atom is -0.465 e. The molecule has 3 nitrogen and oxygen atoms in total. The Morgan fingerprint density at radius 3 is 2.56 bits per heavy atom. The Morgan fingerprint density at radius 1 is 1.44 bits per heavy atom. The third-order valence-corrected chi connectivity index (χ3v) is 2.49. The van der Waals surface area contributed by atoms with Gasteiger partial charge in [0.2, 0.25) is 0 Å². The molecule has 3 heteroatoms. The predicted molar refractivity (Wildman–Crippen MR) is 62.8 cm³/mol. The summed E-state index contributed by atoms with van der Waals surface area (Å²) in [5.74, 6) is 0.484. The lowest BCUT2D eigenvalue weighted by molar-refractivity contribution is -0.000840. The number of carbonyl (C=O) groups excluding carboxylic acids is 1. The van der Waals surface area contributed by atoms with E-state index in [2.05, 4.69) is 6.58 Å². The lowest BCUT2D eigenvalue weighted by Gasteiger charge is -2.14. The van der Waals surface area contributed by atoms with Crippen molar-refractivity contribution in [1.29, 1.82) is 0 Å². The molecular weight excluding hydrogens is 204 g/mol. The van der Waals surface area contributed by atoms with Crippen molar-refractivity contribution in [2.24, 2.45) is 0 Å². The summed E-state index contributed by atoms with van der Waals surface area (Å²) in [6.07, 6.45) is 0.427. The first-order valence-corrected chi connectivity index (χ1v) is 5.09. The van der Waals surface area contributed by atoms with Crippen molar-refractivity contribution in [2.45, 2.75) is 27.1 Å². The van der Waals surface area contributed by atoms with Crippen LogP contribution in [0.1, 0.15) is 28.4 Å². The van der Waals surface area contributed by atoms with Gasteiger partial charge in [-0.05, 0) is 50.1 Å². The number of aliphatic hydroxyl groups is 1. The summed E-state index contributed by atoms with van der Waals surface area (Å²) in [7, 11) is 0. The maximum absolute atomic E-state index is 11.5. The number of carbonyl (C=O) groups is 1. The van der Waals surface area contributed by atoms with Crippen LogP contribution < -0.4 is 4.74 Å². The molecule has 1 rings (SSSR count). The Bertz CT molecular complexity index is 419. The van der Waals surface area contributed by atoms with Gasteiger partial charge in [-0.15, -0.1) is 0 Å². The van der Waals surface area contributed by atoms with Crippen molar-refractivity contribution in [2.75, 3.05) is 0 Å². The van der Waals surface area contributed by atoms with Gasteiger partial charge in [0.1, 0.15) is 5.75 Å². The fourth-order valence-corrected chi connectivity index (χ4v) is 1.48. The molecule has 0 bridgehead atoms. The van der Waals surface area contributed by atoms with E-state index < -0.39 is 6.29 Å². The Morgan fingerprint density at radius 2 is 2.06 bits per heavy atom. The molecule has 0 aliphatic heterocycles. The molecule has 1 atom stereocenters. The van der Waals surface area contributed by atoms with Crippen molar-refractivity contribution < 1.29 is 14.6 Å². The lowest BCUT2D eigenvalue weighted by atomic mass is 9.99. The highest BCUT2D eigenvalue weighted by Gasteiger charge is 2.12. The van der Waals surface area contributed by atoms with Gasteiger partial charge in [0.05, 0.1) is 0 Å². The highest BCUT2D eigenvalue weighted by atomic mass is 16.6. The van der Waals surface area contributed by atoms with Crippen LogP contribution >= 0.6 is 0 Å². The quantitative estimate of drug-likeness (QED) is 0.481. The minimum atomic E-state index is -0.862. The third kappa shape index (κ3) is 2.49. The van der Waals surface area contributed by atoms with E-state index in [4.69, 9.17) is 9.84 Å². The average molecular weight is 220 g/mol. The molecule has 0 saturated heterocycles. The number of rotatable bonds is 4. The first-order chi connectivity index (χ1) is 7.47. The Hall–Kier alpha value is -1.61. The summed E-state index contributed by atoms with van der Waals surface area (Å²) in [5, 5.41) is 9.14. The van der Waals surface area contributed by atoms with Crippen LogP contribution in [0.25, 0.3) is 0 Å². The molecule has 0 saturated carbocycles. The van der Waals surface area contributed by atoms with Crippen LogP contribution in [0, 0.1) is 13.8 Å². The van der Waals surface area contributed by atoms with Crippen LogP contribution in [0.4, 0.5) is 0 Å². The van der Waals surface area contributed by atoms with Crippen molar-refractivity contribution in [3.8, 4) is 5.75 Å². The second kappa shape index (κ2) is 4.94. The van der Waals surface area contributed by atoms with Gasteiger partial charge in [-0.3, -0.25) is 4.79 Å². The summed E-state index contributed by atoms with van der Waals surface area (Å²) in [6.45, 7) is 8.70. The number of hydrogen-bond acceptors (Lipinski definition) is 3. The number of ketones is 1. The first-order valence-electron chi connectivity index (χ1n) is 5.09. The number of hydrogen-bond donors (Lipinski definition) is 1. The van der Waals surface area contributed by atoms with Crippen molar-refractivity contribution in [3.63, 3.8) is 0 Å². The third-order valence-electron chi connectivity index (χ3n) is 2.49. The highest BCUT2D eigenvalue weighted by molar-refractivity contribution is 6.05. The van der Waals surface area contributed by atoms with Gasteiger partial charge < -0.3 is 9.84 Å². The van der Waals surface area contributed by atoms with Gasteiger partial charge in [0.25, 0.3) is 0 Å². The molecule has 1 N–H and O–H groups in total. The standard InChI is InChI=1S/C13H16O3/c1-5-12(15)11-6-7-13(16-10(4)14)9(3)8(11)2/h5-7,10,14H,1H2,2-4H3. The van der Waals surface area contributed by atoms with Crippen LogP contribution in [-0.2, 0) is 0 Å². The Balaban J connectivity index is 3.17. The number of aliphatic hydroxyl groups excluding tert-OH is 1. The van der Waals surface area contributed by atoms with Gasteiger partial charge in [-0.1, -0.05) is 6.58 Å². The van der Waals surface area contributed by atoms with Crippen molar-refractivity contribution in [1.82, 2.24) is 0 Å². The first kappa shape index (κ1) is 12.5. The molecule has 1 unspecified atom stereocenters. The second-order valence-electron chi connectivity index (χ2n) is 3.65. The zero-order chi connectivity index (χ0) is 12.3. The van der Waals surface area contributed by atoms with Crippen molar-refractivity contribution >= 4 is 5.78 Å². The van der Waals surface area contributed by atoms with E-state index in [9.17, 15) is 4.79 Å². The molecule has 0 fully saturated rings. The summed E-state index contributed by atoms with van der Waals surface area (Å²) in [4.78, 5) is 11.5. The largest absolute Gasteiger partial charge is 0.465 e. The fraction of sp³-hybridized carbons (Fsp3) is 0.308. The van der Waals surface area contributed by atoms with E-state index in [0.29, 0.717) is 11.3 Å². The number of allylic oxidation sites excluding steroid dienone is 1. The summed E-state index contributed by atoms with van der Waals surface area (Å²) in [5.41, 5.74) is 2.32. The maximum atomic E-state index is 11.5. The van der Waals surface area contributed by atoms with Gasteiger partial charge >= 0.3 is 0 Å². The molecule has 1 aromatic carbocycles. The smallest absolute Gasteiger partial charge is 0.194 e. The molecule has 0 aromatic heterocycles. The van der Waals surface area contributed by atoms with Crippen LogP contribution in [-0.4, -0.2) is 17.2 Å². The molecule has 0 radical (unpaired) electrons. The van der Waals surface area contributed by atoms with E-state index in [1.54, 1.807) is 12.1 Å². The fourth-order valence-electron chi connectivity index (χ4n) is 1.48. The topological polar surface area (TPSA) is 46.5 Å². The molecule has 0 heterocycles. The van der Waals surface area contributed by atoms with Crippen LogP contribution in [0.5, 0.6) is 5.75 Å². The summed E-state index contributed by atoms with van der Waals surface area (Å²) >= 11 is 0. The van der Waals surface area contributed by atoms with Crippen molar-refractivity contribution in [3.05, 3.63) is 41.5 Å². The zero-order valence-corrected chi connectivity index (χ0v) is 9.78. The average Bonchev–Trinajstić information content (AvgIpc) is 2.23. The summed E-state index contributed by atoms with van der Waals surface area (Å²) < 4.78 is 5.21. The molecule has 0 spiro atoms. The number of ether oxygens (including phenoxy) is 1. The van der Waals surface area contributed by atoms with E-state index in [0.717, 1.165) is 11.1 Å².